The molecule has 0 spiro atoms. The Morgan fingerprint density at radius 2 is 1.46 bits per heavy atom. The van der Waals surface area contributed by atoms with Gasteiger partial charge < -0.3 is 5.11 Å². The molecule has 0 aliphatic heterocycles. The molecule has 0 amide bonds. The zero-order valence-electron chi connectivity index (χ0n) is 8.73. The molecule has 0 aromatic heterocycles. The summed E-state index contributed by atoms with van der Waals surface area (Å²) in [4.78, 5) is -0.407. The quantitative estimate of drug-likeness (QED) is 0.535. The van der Waals surface area contributed by atoms with E-state index in [1.165, 1.54) is 32.1 Å². The van der Waals surface area contributed by atoms with Crippen molar-refractivity contribution in [2.45, 2.75) is 57.2 Å². The molecular formula is C10H22Cl2O. The van der Waals surface area contributed by atoms with Gasteiger partial charge in [-0.25, -0.2) is 0 Å². The van der Waals surface area contributed by atoms with Gasteiger partial charge in [-0.15, -0.1) is 23.2 Å². The van der Waals surface area contributed by atoms with Gasteiger partial charge in [0.15, 0.2) is 0 Å². The maximum atomic E-state index is 8.07. The Kier molecular flexibility index (Phi) is 18.5. The molecule has 0 saturated heterocycles. The largest absolute Gasteiger partial charge is 0.396 e. The van der Waals surface area contributed by atoms with E-state index in [2.05, 4.69) is 13.8 Å². The number of hydrogen-bond donors (Lipinski definition) is 1. The first-order valence-corrected chi connectivity index (χ1v) is 5.95. The van der Waals surface area contributed by atoms with Crippen molar-refractivity contribution in [2.24, 2.45) is 0 Å². The van der Waals surface area contributed by atoms with Crippen LogP contribution in [0.1, 0.15) is 52.4 Å². The van der Waals surface area contributed by atoms with E-state index in [1.807, 2.05) is 0 Å². The monoisotopic (exact) mass is 228 g/mol. The molecule has 1 nitrogen and oxygen atoms in total. The minimum atomic E-state index is -0.407. The van der Waals surface area contributed by atoms with Gasteiger partial charge in [-0.3, -0.25) is 0 Å². The van der Waals surface area contributed by atoms with Crippen molar-refractivity contribution >= 4 is 23.2 Å². The van der Waals surface area contributed by atoms with Gasteiger partial charge in [0.1, 0.15) is 4.84 Å². The lowest BCUT2D eigenvalue weighted by Crippen LogP contribution is -1.89. The lowest BCUT2D eigenvalue weighted by atomic mass is 10.2. The first-order valence-electron chi connectivity index (χ1n) is 5.08. The maximum absolute atomic E-state index is 8.07. The number of rotatable bonds is 6. The van der Waals surface area contributed by atoms with Gasteiger partial charge in [-0.2, -0.15) is 0 Å². The van der Waals surface area contributed by atoms with Gasteiger partial charge in [0.2, 0.25) is 0 Å². The number of halogens is 2. The van der Waals surface area contributed by atoms with E-state index in [1.54, 1.807) is 0 Å². The van der Waals surface area contributed by atoms with Crippen LogP contribution in [0.15, 0.2) is 0 Å². The second kappa shape index (κ2) is 15.0. The number of unbranched alkanes of at least 4 members (excludes halogenated alkanes) is 4. The summed E-state index contributed by atoms with van der Waals surface area (Å²) in [5.41, 5.74) is 0. The molecule has 0 aromatic carbocycles. The predicted octanol–water partition coefficient (Wildman–Crippen LogP) is 4.15. The fourth-order valence-electron chi connectivity index (χ4n) is 0.774. The number of hydrogen-bond acceptors (Lipinski definition) is 1. The van der Waals surface area contributed by atoms with Crippen LogP contribution in [0.5, 0.6) is 0 Å². The average Bonchev–Trinajstić information content (AvgIpc) is 2.06. The van der Waals surface area contributed by atoms with Crippen LogP contribution in [0.4, 0.5) is 0 Å². The van der Waals surface area contributed by atoms with E-state index in [9.17, 15) is 0 Å². The molecule has 3 heteroatoms. The van der Waals surface area contributed by atoms with Gasteiger partial charge in [-0.05, 0) is 0 Å². The highest BCUT2D eigenvalue weighted by atomic mass is 35.5. The molecule has 82 valence electrons. The van der Waals surface area contributed by atoms with Gasteiger partial charge in [0.05, 0.1) is 0 Å². The van der Waals surface area contributed by atoms with Crippen molar-refractivity contribution in [1.29, 1.82) is 0 Å². The molecular weight excluding hydrogens is 207 g/mol. The lowest BCUT2D eigenvalue weighted by Gasteiger charge is -1.90. The number of alkyl halides is 2. The van der Waals surface area contributed by atoms with Crippen molar-refractivity contribution in [3.63, 3.8) is 0 Å². The molecule has 0 radical (unpaired) electrons. The molecule has 0 heterocycles. The van der Waals surface area contributed by atoms with Crippen LogP contribution in [0.2, 0.25) is 0 Å². The van der Waals surface area contributed by atoms with Crippen LogP contribution >= 0.6 is 23.2 Å². The van der Waals surface area contributed by atoms with Crippen LogP contribution in [0, 0.1) is 0 Å². The summed E-state index contributed by atoms with van der Waals surface area (Å²) in [6, 6.07) is 0. The smallest absolute Gasteiger partial charge is 0.110 e. The van der Waals surface area contributed by atoms with E-state index in [0.29, 0.717) is 6.42 Å². The Morgan fingerprint density at radius 1 is 1.00 bits per heavy atom. The van der Waals surface area contributed by atoms with Crippen molar-refractivity contribution in [3.8, 4) is 0 Å². The Labute approximate surface area is 92.4 Å². The summed E-state index contributed by atoms with van der Waals surface area (Å²) in [5.74, 6) is 0. The number of aliphatic hydroxyl groups excluding tert-OH is 1. The van der Waals surface area contributed by atoms with Crippen molar-refractivity contribution in [3.05, 3.63) is 0 Å². The minimum Gasteiger partial charge on any atom is -0.396 e. The standard InChI is InChI=1S/C7H16.C3H6Cl2O/c1-3-5-7-6-4-2;4-3(5)1-2-6/h3-7H2,1-2H3;3,6H,1-2H2. The second-order valence-corrected chi connectivity index (χ2v) is 4.24. The van der Waals surface area contributed by atoms with E-state index in [-0.39, 0.29) is 6.61 Å². The fraction of sp³-hybridized carbons (Fsp3) is 1.00. The fourth-order valence-corrected chi connectivity index (χ4v) is 0.970. The van der Waals surface area contributed by atoms with Crippen molar-refractivity contribution in [1.82, 2.24) is 0 Å². The van der Waals surface area contributed by atoms with Crippen LogP contribution in [0.3, 0.4) is 0 Å². The first kappa shape index (κ1) is 16.0. The third kappa shape index (κ3) is 24.5. The minimum absolute atomic E-state index is 0.0671. The first-order chi connectivity index (χ1) is 6.18. The third-order valence-corrected chi connectivity index (χ3v) is 1.99. The van der Waals surface area contributed by atoms with E-state index in [0.717, 1.165) is 0 Å². The molecule has 0 aliphatic carbocycles. The zero-order chi connectivity index (χ0) is 10.5. The molecule has 0 unspecified atom stereocenters. The normalized spacial score (nSPS) is 9.69. The lowest BCUT2D eigenvalue weighted by molar-refractivity contribution is 0.293. The van der Waals surface area contributed by atoms with Crippen LogP contribution in [-0.2, 0) is 0 Å². The van der Waals surface area contributed by atoms with E-state index >= 15 is 0 Å². The Balaban J connectivity index is 0. The summed E-state index contributed by atoms with van der Waals surface area (Å²) in [7, 11) is 0. The predicted molar refractivity (Wildman–Crippen MR) is 61.6 cm³/mol. The zero-order valence-corrected chi connectivity index (χ0v) is 10.2. The summed E-state index contributed by atoms with van der Waals surface area (Å²) in [6.07, 6.45) is 7.47. The maximum Gasteiger partial charge on any atom is 0.110 e. The SMILES string of the molecule is CCCCCCC.OCCC(Cl)Cl. The molecule has 13 heavy (non-hydrogen) atoms. The van der Waals surface area contributed by atoms with Crippen LogP contribution in [0.25, 0.3) is 0 Å². The van der Waals surface area contributed by atoms with Crippen LogP contribution in [-0.4, -0.2) is 16.5 Å². The summed E-state index contributed by atoms with van der Waals surface area (Å²) in [5, 5.41) is 8.07. The molecule has 0 aliphatic rings. The Bertz CT molecular complexity index is 73.3. The van der Waals surface area contributed by atoms with E-state index in [4.69, 9.17) is 28.3 Å². The molecule has 0 atom stereocenters. The molecule has 0 fully saturated rings. The molecule has 0 bridgehead atoms. The summed E-state index contributed by atoms with van der Waals surface area (Å²) < 4.78 is 0. The number of aliphatic hydroxyl groups is 1. The van der Waals surface area contributed by atoms with Gasteiger partial charge in [-0.1, -0.05) is 46.0 Å². The third-order valence-electron chi connectivity index (χ3n) is 1.55. The molecule has 1 N–H and O–H groups in total. The highest BCUT2D eigenvalue weighted by Crippen LogP contribution is 2.04. The van der Waals surface area contributed by atoms with Gasteiger partial charge >= 0.3 is 0 Å². The topological polar surface area (TPSA) is 20.2 Å². The van der Waals surface area contributed by atoms with Gasteiger partial charge in [0.25, 0.3) is 0 Å². The average molecular weight is 229 g/mol. The second-order valence-electron chi connectivity index (χ2n) is 2.96. The van der Waals surface area contributed by atoms with Gasteiger partial charge in [0, 0.05) is 13.0 Å². The molecule has 0 saturated carbocycles. The summed E-state index contributed by atoms with van der Waals surface area (Å²) >= 11 is 10.4. The molecule has 0 rings (SSSR count). The Morgan fingerprint density at radius 3 is 1.62 bits per heavy atom. The van der Waals surface area contributed by atoms with Crippen molar-refractivity contribution in [2.75, 3.05) is 6.61 Å². The van der Waals surface area contributed by atoms with E-state index < -0.39 is 4.84 Å². The highest BCUT2D eigenvalue weighted by Gasteiger charge is 1.92. The Hall–Kier alpha value is 0.540. The van der Waals surface area contributed by atoms with Crippen LogP contribution < -0.4 is 0 Å². The highest BCUT2D eigenvalue weighted by molar-refractivity contribution is 6.44. The van der Waals surface area contributed by atoms with Crippen molar-refractivity contribution < 1.29 is 5.11 Å². The summed E-state index contributed by atoms with van der Waals surface area (Å²) in [6.45, 7) is 4.56. The molecule has 0 aromatic rings.